The quantitative estimate of drug-likeness (QED) is 0.742. The number of carbonyl (C=O) groups is 1. The van der Waals surface area contributed by atoms with E-state index in [-0.39, 0.29) is 5.91 Å². The Morgan fingerprint density at radius 1 is 1.53 bits per heavy atom. The topological polar surface area (TPSA) is 55.6 Å². The second-order valence-corrected chi connectivity index (χ2v) is 3.76. The minimum atomic E-state index is -0.229. The van der Waals surface area contributed by atoms with Gasteiger partial charge in [0.1, 0.15) is 0 Å². The molecule has 5 heteroatoms. The van der Waals surface area contributed by atoms with Gasteiger partial charge < -0.3 is 5.73 Å². The van der Waals surface area contributed by atoms with Gasteiger partial charge in [-0.1, -0.05) is 11.6 Å². The van der Waals surface area contributed by atoms with E-state index in [9.17, 15) is 4.79 Å². The van der Waals surface area contributed by atoms with Gasteiger partial charge in [0, 0.05) is 10.7 Å². The van der Waals surface area contributed by atoms with Crippen molar-refractivity contribution < 1.29 is 9.63 Å². The lowest BCUT2D eigenvalue weighted by Gasteiger charge is -2.15. The minimum absolute atomic E-state index is 0.229. The molecule has 0 spiro atoms. The maximum absolute atomic E-state index is 11.9. The zero-order chi connectivity index (χ0) is 10.8. The van der Waals surface area contributed by atoms with Gasteiger partial charge in [0.05, 0.1) is 18.7 Å². The van der Waals surface area contributed by atoms with Crippen molar-refractivity contribution in [3.8, 4) is 0 Å². The molecule has 2 N–H and O–H groups in total. The summed E-state index contributed by atoms with van der Waals surface area (Å²) in [5.74, 6) is -0.229. The van der Waals surface area contributed by atoms with Crippen LogP contribution in [0.4, 0.5) is 5.69 Å². The number of hydrogen-bond donors (Lipinski definition) is 1. The van der Waals surface area contributed by atoms with Crippen molar-refractivity contribution >= 4 is 23.2 Å². The normalized spacial score (nSPS) is 15.7. The fourth-order valence-electron chi connectivity index (χ4n) is 1.46. The van der Waals surface area contributed by atoms with E-state index in [1.807, 2.05) is 0 Å². The lowest BCUT2D eigenvalue weighted by Crippen LogP contribution is -2.27. The van der Waals surface area contributed by atoms with Crippen LogP contribution in [0.3, 0.4) is 0 Å². The fourth-order valence-corrected chi connectivity index (χ4v) is 1.63. The van der Waals surface area contributed by atoms with Crippen LogP contribution in [0.15, 0.2) is 18.2 Å². The highest BCUT2D eigenvalue weighted by molar-refractivity contribution is 6.31. The van der Waals surface area contributed by atoms with Crippen LogP contribution in [-0.4, -0.2) is 24.1 Å². The van der Waals surface area contributed by atoms with Gasteiger partial charge in [0.2, 0.25) is 0 Å². The van der Waals surface area contributed by atoms with E-state index in [1.165, 1.54) is 5.06 Å². The van der Waals surface area contributed by atoms with Crippen molar-refractivity contribution in [3.63, 3.8) is 0 Å². The smallest absolute Gasteiger partial charge is 0.279 e. The van der Waals surface area contributed by atoms with Gasteiger partial charge in [-0.05, 0) is 24.6 Å². The number of benzene rings is 1. The number of carbonyl (C=O) groups excluding carboxylic acids is 1. The first kappa shape index (κ1) is 10.3. The van der Waals surface area contributed by atoms with Crippen molar-refractivity contribution in [3.05, 3.63) is 28.8 Å². The number of nitrogens with two attached hydrogens (primary N) is 1. The zero-order valence-corrected chi connectivity index (χ0v) is 8.83. The lowest BCUT2D eigenvalue weighted by molar-refractivity contribution is -0.0767. The number of amides is 1. The van der Waals surface area contributed by atoms with E-state index < -0.39 is 0 Å². The number of hydrogen-bond acceptors (Lipinski definition) is 3. The third kappa shape index (κ3) is 2.06. The number of rotatable bonds is 1. The molecule has 0 saturated carbocycles. The van der Waals surface area contributed by atoms with Gasteiger partial charge in [0.25, 0.3) is 5.91 Å². The van der Waals surface area contributed by atoms with E-state index in [2.05, 4.69) is 0 Å². The molecule has 1 saturated heterocycles. The van der Waals surface area contributed by atoms with Crippen molar-refractivity contribution in [2.45, 2.75) is 6.42 Å². The highest BCUT2D eigenvalue weighted by atomic mass is 35.5. The summed E-state index contributed by atoms with van der Waals surface area (Å²) in [7, 11) is 0. The summed E-state index contributed by atoms with van der Waals surface area (Å²) in [6, 6.07) is 4.82. The maximum atomic E-state index is 11.9. The molecule has 1 amide bonds. The predicted molar refractivity (Wildman–Crippen MR) is 57.5 cm³/mol. The molecule has 2 rings (SSSR count). The summed E-state index contributed by atoms with van der Waals surface area (Å²) in [6.45, 7) is 1.18. The molecular formula is C10H11ClN2O2. The van der Waals surface area contributed by atoms with Crippen LogP contribution in [-0.2, 0) is 4.84 Å². The average Bonchev–Trinajstić information content (AvgIpc) is 2.74. The molecule has 0 radical (unpaired) electrons. The van der Waals surface area contributed by atoms with Crippen molar-refractivity contribution in [2.24, 2.45) is 0 Å². The third-order valence-electron chi connectivity index (χ3n) is 2.22. The Morgan fingerprint density at radius 2 is 2.33 bits per heavy atom. The van der Waals surface area contributed by atoms with Crippen LogP contribution in [0, 0.1) is 0 Å². The summed E-state index contributed by atoms with van der Waals surface area (Å²) >= 11 is 5.80. The lowest BCUT2D eigenvalue weighted by atomic mass is 10.1. The molecule has 1 aliphatic heterocycles. The Kier molecular flexibility index (Phi) is 2.79. The Bertz CT molecular complexity index is 389. The first-order valence-electron chi connectivity index (χ1n) is 4.68. The number of nitrogen functional groups attached to an aromatic ring is 1. The molecule has 4 nitrogen and oxygen atoms in total. The van der Waals surface area contributed by atoms with Crippen molar-refractivity contribution in [1.29, 1.82) is 0 Å². The Hall–Kier alpha value is -1.26. The average molecular weight is 227 g/mol. The Labute approximate surface area is 92.5 Å². The molecule has 0 aliphatic carbocycles. The highest BCUT2D eigenvalue weighted by Gasteiger charge is 2.22. The third-order valence-corrected chi connectivity index (χ3v) is 2.46. The van der Waals surface area contributed by atoms with E-state index in [1.54, 1.807) is 18.2 Å². The van der Waals surface area contributed by atoms with E-state index in [0.717, 1.165) is 6.42 Å². The minimum Gasteiger partial charge on any atom is -0.398 e. The SMILES string of the molecule is Nc1ccc(Cl)cc1C(=O)N1CCCO1. The first-order chi connectivity index (χ1) is 7.18. The first-order valence-corrected chi connectivity index (χ1v) is 5.06. The number of hydroxylamine groups is 2. The molecule has 0 aromatic heterocycles. The monoisotopic (exact) mass is 226 g/mol. The summed E-state index contributed by atoms with van der Waals surface area (Å²) in [5, 5.41) is 1.81. The van der Waals surface area contributed by atoms with Crippen molar-refractivity contribution in [1.82, 2.24) is 5.06 Å². The number of anilines is 1. The second-order valence-electron chi connectivity index (χ2n) is 3.33. The van der Waals surface area contributed by atoms with Crippen LogP contribution in [0.1, 0.15) is 16.8 Å². The molecule has 1 aromatic rings. The molecule has 0 unspecified atom stereocenters. The fraction of sp³-hybridized carbons (Fsp3) is 0.300. The van der Waals surface area contributed by atoms with Gasteiger partial charge in [-0.15, -0.1) is 0 Å². The van der Waals surface area contributed by atoms with Crippen LogP contribution in [0.5, 0.6) is 0 Å². The molecule has 0 bridgehead atoms. The van der Waals surface area contributed by atoms with Crippen molar-refractivity contribution in [2.75, 3.05) is 18.9 Å². The van der Waals surface area contributed by atoms with E-state index in [0.29, 0.717) is 29.4 Å². The molecule has 80 valence electrons. The molecule has 1 fully saturated rings. The maximum Gasteiger partial charge on any atom is 0.279 e. The summed E-state index contributed by atoms with van der Waals surface area (Å²) in [4.78, 5) is 17.0. The number of nitrogens with zero attached hydrogens (tertiary/aromatic N) is 1. The second kappa shape index (κ2) is 4.08. The summed E-state index contributed by atoms with van der Waals surface area (Å²) in [5.41, 5.74) is 6.51. The van der Waals surface area contributed by atoms with E-state index in [4.69, 9.17) is 22.2 Å². The van der Waals surface area contributed by atoms with Gasteiger partial charge in [0.15, 0.2) is 0 Å². The molecule has 0 atom stereocenters. The Balaban J connectivity index is 2.27. The van der Waals surface area contributed by atoms with Crippen LogP contribution >= 0.6 is 11.6 Å². The summed E-state index contributed by atoms with van der Waals surface area (Å²) in [6.07, 6.45) is 0.853. The molecular weight excluding hydrogens is 216 g/mol. The van der Waals surface area contributed by atoms with E-state index >= 15 is 0 Å². The van der Waals surface area contributed by atoms with Gasteiger partial charge in [-0.25, -0.2) is 5.06 Å². The Morgan fingerprint density at radius 3 is 3.00 bits per heavy atom. The van der Waals surface area contributed by atoms with Gasteiger partial charge >= 0.3 is 0 Å². The van der Waals surface area contributed by atoms with Gasteiger partial charge in [-0.3, -0.25) is 9.63 Å². The zero-order valence-electron chi connectivity index (χ0n) is 8.07. The highest BCUT2D eigenvalue weighted by Crippen LogP contribution is 2.21. The van der Waals surface area contributed by atoms with Crippen LogP contribution in [0.2, 0.25) is 5.02 Å². The molecule has 1 aliphatic rings. The largest absolute Gasteiger partial charge is 0.398 e. The molecule has 1 heterocycles. The number of halogens is 1. The molecule has 15 heavy (non-hydrogen) atoms. The summed E-state index contributed by atoms with van der Waals surface area (Å²) < 4.78 is 0. The standard InChI is InChI=1S/C10H11ClN2O2/c11-7-2-3-9(12)8(6-7)10(14)13-4-1-5-15-13/h2-3,6H,1,4-5,12H2. The van der Waals surface area contributed by atoms with Gasteiger partial charge in [-0.2, -0.15) is 0 Å². The van der Waals surface area contributed by atoms with Crippen LogP contribution < -0.4 is 5.73 Å². The van der Waals surface area contributed by atoms with Crippen LogP contribution in [0.25, 0.3) is 0 Å². The predicted octanol–water partition coefficient (Wildman–Crippen LogP) is 1.70. The molecule has 1 aromatic carbocycles.